The first-order chi connectivity index (χ1) is 13.5. The van der Waals surface area contributed by atoms with Crippen LogP contribution in [0.2, 0.25) is 0 Å². The number of anilines is 1. The molecule has 0 bridgehead atoms. The molecule has 0 unspecified atom stereocenters. The monoisotopic (exact) mass is 387 g/mol. The molecule has 0 aliphatic carbocycles. The molecule has 0 atom stereocenters. The Kier molecular flexibility index (Phi) is 6.41. The van der Waals surface area contributed by atoms with Crippen molar-refractivity contribution in [2.24, 2.45) is 0 Å². The summed E-state index contributed by atoms with van der Waals surface area (Å²) in [5.41, 5.74) is 1.36. The average molecular weight is 387 g/mol. The van der Waals surface area contributed by atoms with Crippen LogP contribution in [-0.4, -0.2) is 53.5 Å². The van der Waals surface area contributed by atoms with E-state index in [1.807, 2.05) is 18.7 Å². The molecule has 7 nitrogen and oxygen atoms in total. The Morgan fingerprint density at radius 1 is 1.25 bits per heavy atom. The summed E-state index contributed by atoms with van der Waals surface area (Å²) < 4.78 is 15.2. The van der Waals surface area contributed by atoms with Gasteiger partial charge < -0.3 is 20.1 Å². The van der Waals surface area contributed by atoms with Gasteiger partial charge in [-0.15, -0.1) is 0 Å². The Balaban J connectivity index is 1.76. The van der Waals surface area contributed by atoms with Gasteiger partial charge in [0.15, 0.2) is 11.5 Å². The average Bonchev–Trinajstić information content (AvgIpc) is 3.05. The molecule has 28 heavy (non-hydrogen) atoms. The predicted octanol–water partition coefficient (Wildman–Crippen LogP) is 2.29. The van der Waals surface area contributed by atoms with Crippen LogP contribution in [0.3, 0.4) is 0 Å². The number of hydrogen-bond acceptors (Lipinski definition) is 4. The zero-order chi connectivity index (χ0) is 20.1. The van der Waals surface area contributed by atoms with E-state index in [0.29, 0.717) is 25.2 Å². The van der Waals surface area contributed by atoms with E-state index >= 15 is 0 Å². The minimum Gasteiger partial charge on any atom is -0.349 e. The predicted molar refractivity (Wildman–Crippen MR) is 105 cm³/mol. The van der Waals surface area contributed by atoms with Gasteiger partial charge in [-0.1, -0.05) is 6.07 Å². The summed E-state index contributed by atoms with van der Waals surface area (Å²) in [7, 11) is 3.96. The third-order valence-electron chi connectivity index (χ3n) is 4.69. The summed E-state index contributed by atoms with van der Waals surface area (Å²) in [5, 5.41) is 5.56. The Bertz CT molecular complexity index is 862. The smallest absolute Gasteiger partial charge is 0.287 e. The first kappa shape index (κ1) is 20.0. The van der Waals surface area contributed by atoms with Crippen LogP contribution in [0.5, 0.6) is 0 Å². The SMILES string of the molecule is CN(C)CCCNC(=O)c1nc(C(=O)Nc2cccc(F)c2)c2n1CCCC2. The van der Waals surface area contributed by atoms with Crippen LogP contribution in [0.1, 0.15) is 46.1 Å². The second-order valence-corrected chi connectivity index (χ2v) is 7.22. The largest absolute Gasteiger partial charge is 0.349 e. The lowest BCUT2D eigenvalue weighted by Crippen LogP contribution is -2.30. The Hall–Kier alpha value is -2.74. The molecule has 0 saturated heterocycles. The molecular weight excluding hydrogens is 361 g/mol. The Morgan fingerprint density at radius 2 is 2.07 bits per heavy atom. The quantitative estimate of drug-likeness (QED) is 0.715. The summed E-state index contributed by atoms with van der Waals surface area (Å²) in [6.07, 6.45) is 3.40. The summed E-state index contributed by atoms with van der Waals surface area (Å²) in [5.74, 6) is -0.860. The van der Waals surface area contributed by atoms with Crippen molar-refractivity contribution in [3.05, 3.63) is 47.3 Å². The third-order valence-corrected chi connectivity index (χ3v) is 4.69. The van der Waals surface area contributed by atoms with E-state index < -0.39 is 11.7 Å². The number of rotatable bonds is 7. The number of carbonyl (C=O) groups is 2. The lowest BCUT2D eigenvalue weighted by Gasteiger charge is -2.17. The fourth-order valence-electron chi connectivity index (χ4n) is 3.33. The van der Waals surface area contributed by atoms with Gasteiger partial charge in [-0.2, -0.15) is 0 Å². The van der Waals surface area contributed by atoms with Crippen molar-refractivity contribution in [1.82, 2.24) is 19.8 Å². The number of fused-ring (bicyclic) bond motifs is 1. The molecule has 0 fully saturated rings. The number of hydrogen-bond donors (Lipinski definition) is 2. The van der Waals surface area contributed by atoms with Gasteiger partial charge in [0, 0.05) is 18.8 Å². The highest BCUT2D eigenvalue weighted by molar-refractivity contribution is 6.05. The third kappa shape index (κ3) is 4.75. The van der Waals surface area contributed by atoms with Crippen LogP contribution in [0.15, 0.2) is 24.3 Å². The number of nitrogens with one attached hydrogen (secondary N) is 2. The summed E-state index contributed by atoms with van der Waals surface area (Å²) in [6.45, 7) is 2.08. The van der Waals surface area contributed by atoms with Crippen molar-refractivity contribution in [3.8, 4) is 0 Å². The molecule has 1 aliphatic heterocycles. The molecule has 0 radical (unpaired) electrons. The van der Waals surface area contributed by atoms with Crippen molar-refractivity contribution in [1.29, 1.82) is 0 Å². The maximum Gasteiger partial charge on any atom is 0.287 e. The van der Waals surface area contributed by atoms with Gasteiger partial charge in [0.1, 0.15) is 5.82 Å². The fourth-order valence-corrected chi connectivity index (χ4v) is 3.33. The molecule has 2 heterocycles. The molecule has 1 aliphatic rings. The van der Waals surface area contributed by atoms with Crippen molar-refractivity contribution < 1.29 is 14.0 Å². The van der Waals surface area contributed by atoms with Gasteiger partial charge in [-0.25, -0.2) is 9.37 Å². The highest BCUT2D eigenvalue weighted by atomic mass is 19.1. The van der Waals surface area contributed by atoms with E-state index in [4.69, 9.17) is 0 Å². The van der Waals surface area contributed by atoms with Crippen LogP contribution in [0.25, 0.3) is 0 Å². The summed E-state index contributed by atoms with van der Waals surface area (Å²) in [6, 6.07) is 5.70. The van der Waals surface area contributed by atoms with Crippen molar-refractivity contribution in [2.75, 3.05) is 32.5 Å². The lowest BCUT2D eigenvalue weighted by atomic mass is 10.1. The highest BCUT2D eigenvalue weighted by Gasteiger charge is 2.27. The van der Waals surface area contributed by atoms with E-state index in [-0.39, 0.29) is 17.4 Å². The summed E-state index contributed by atoms with van der Waals surface area (Å²) in [4.78, 5) is 31.7. The maximum atomic E-state index is 13.4. The molecule has 3 rings (SSSR count). The van der Waals surface area contributed by atoms with Gasteiger partial charge in [0.05, 0.1) is 5.69 Å². The van der Waals surface area contributed by atoms with E-state index in [1.54, 1.807) is 6.07 Å². The second-order valence-electron chi connectivity index (χ2n) is 7.22. The van der Waals surface area contributed by atoms with Gasteiger partial charge >= 0.3 is 0 Å². The molecule has 150 valence electrons. The first-order valence-electron chi connectivity index (χ1n) is 9.55. The molecular formula is C20H26FN5O2. The van der Waals surface area contributed by atoms with Crippen LogP contribution in [0, 0.1) is 5.82 Å². The number of carbonyl (C=O) groups excluding carboxylic acids is 2. The van der Waals surface area contributed by atoms with Gasteiger partial charge in [-0.3, -0.25) is 9.59 Å². The molecule has 1 aromatic carbocycles. The number of aromatic nitrogens is 2. The van der Waals surface area contributed by atoms with E-state index in [2.05, 4.69) is 20.5 Å². The standard InChI is InChI=1S/C20H26FN5O2/c1-25(2)11-6-10-22-20(28)18-24-17(16-9-3-4-12-26(16)18)19(27)23-15-8-5-7-14(21)13-15/h5,7-8,13H,3-4,6,9-12H2,1-2H3,(H,22,28)(H,23,27). The Morgan fingerprint density at radius 3 is 2.82 bits per heavy atom. The topological polar surface area (TPSA) is 79.3 Å². The number of benzene rings is 1. The van der Waals surface area contributed by atoms with Gasteiger partial charge in [0.2, 0.25) is 0 Å². The zero-order valence-electron chi connectivity index (χ0n) is 16.3. The maximum absolute atomic E-state index is 13.4. The van der Waals surface area contributed by atoms with E-state index in [9.17, 15) is 14.0 Å². The first-order valence-corrected chi connectivity index (χ1v) is 9.55. The van der Waals surface area contributed by atoms with Crippen molar-refractivity contribution in [2.45, 2.75) is 32.2 Å². The summed E-state index contributed by atoms with van der Waals surface area (Å²) >= 11 is 0. The zero-order valence-corrected chi connectivity index (χ0v) is 16.3. The van der Waals surface area contributed by atoms with E-state index in [0.717, 1.165) is 31.5 Å². The minimum absolute atomic E-state index is 0.238. The van der Waals surface area contributed by atoms with Crippen LogP contribution < -0.4 is 10.6 Å². The second kappa shape index (κ2) is 8.97. The van der Waals surface area contributed by atoms with Crippen molar-refractivity contribution in [3.63, 3.8) is 0 Å². The number of imidazole rings is 1. The molecule has 0 saturated carbocycles. The molecule has 2 amide bonds. The fraction of sp³-hybridized carbons (Fsp3) is 0.450. The number of nitrogens with zero attached hydrogens (tertiary/aromatic N) is 3. The number of amides is 2. The van der Waals surface area contributed by atoms with Crippen LogP contribution >= 0.6 is 0 Å². The molecule has 0 spiro atoms. The van der Waals surface area contributed by atoms with Crippen LogP contribution in [0.4, 0.5) is 10.1 Å². The lowest BCUT2D eigenvalue weighted by molar-refractivity contribution is 0.0936. The Labute approximate surface area is 163 Å². The van der Waals surface area contributed by atoms with Crippen molar-refractivity contribution >= 4 is 17.5 Å². The van der Waals surface area contributed by atoms with Crippen LogP contribution in [-0.2, 0) is 13.0 Å². The number of halogens is 1. The molecule has 1 aromatic heterocycles. The van der Waals surface area contributed by atoms with Gasteiger partial charge in [0.25, 0.3) is 11.8 Å². The molecule has 2 N–H and O–H groups in total. The highest BCUT2D eigenvalue weighted by Crippen LogP contribution is 2.22. The van der Waals surface area contributed by atoms with Gasteiger partial charge in [-0.05, 0) is 64.5 Å². The normalized spacial score (nSPS) is 13.3. The molecule has 8 heteroatoms. The molecule has 2 aromatic rings. The minimum atomic E-state index is -0.428. The van der Waals surface area contributed by atoms with E-state index in [1.165, 1.54) is 18.2 Å².